The molecule has 0 bridgehead atoms. The number of hydrogen-bond donors (Lipinski definition) is 3. The largest absolute Gasteiger partial charge is 0.491 e. The molecule has 1 saturated carbocycles. The number of nitrogens with two attached hydrogens (primary N) is 1. The van der Waals surface area contributed by atoms with Gasteiger partial charge in [-0.25, -0.2) is 21.6 Å². The molecule has 0 saturated heterocycles. The molecule has 0 aromatic heterocycles. The maximum Gasteiger partial charge on any atom is 0.491 e. The van der Waals surface area contributed by atoms with Crippen LogP contribution in [0.15, 0.2) is 41.3 Å². The molecule has 8 nitrogen and oxygen atoms in total. The topological polar surface area (TPSA) is 136 Å². The molecular weight excluding hydrogens is 415 g/mol. The number of nitrogen functional groups attached to an aromatic ring is 1. The minimum absolute atomic E-state index is 0.0301. The second-order valence-electron chi connectivity index (χ2n) is 7.39. The summed E-state index contributed by atoms with van der Waals surface area (Å²) in [6.45, 7) is 0.141. The van der Waals surface area contributed by atoms with E-state index in [-0.39, 0.29) is 23.8 Å². The summed E-state index contributed by atoms with van der Waals surface area (Å²) in [6, 6.07) is 9.40. The SMILES string of the molecule is Nc1ccc(S(=O)(=O)Cc2ccc3c(c2)B(O)OC3)c(CNS(=O)(=O)C2CC2)c1. The highest BCUT2D eigenvalue weighted by Crippen LogP contribution is 2.28. The van der Waals surface area contributed by atoms with E-state index in [1.54, 1.807) is 18.2 Å². The third kappa shape index (κ3) is 4.33. The van der Waals surface area contributed by atoms with E-state index in [2.05, 4.69) is 4.72 Å². The summed E-state index contributed by atoms with van der Waals surface area (Å²) in [5.41, 5.74) is 8.34. The number of sulfonamides is 1. The summed E-state index contributed by atoms with van der Waals surface area (Å²) in [5.74, 6) is -0.292. The molecule has 2 aromatic rings. The van der Waals surface area contributed by atoms with Crippen LogP contribution in [0.1, 0.15) is 29.5 Å². The highest BCUT2D eigenvalue weighted by atomic mass is 32.2. The number of hydrogen-bond acceptors (Lipinski definition) is 7. The third-order valence-corrected chi connectivity index (χ3v) is 8.75. The Morgan fingerprint density at radius 1 is 1.14 bits per heavy atom. The van der Waals surface area contributed by atoms with Crippen molar-refractivity contribution in [2.75, 3.05) is 5.73 Å². The van der Waals surface area contributed by atoms with Crippen molar-refractivity contribution >= 4 is 38.1 Å². The van der Waals surface area contributed by atoms with Crippen molar-refractivity contribution in [2.45, 2.75) is 41.9 Å². The van der Waals surface area contributed by atoms with E-state index >= 15 is 0 Å². The Morgan fingerprint density at radius 2 is 1.90 bits per heavy atom. The predicted octanol–water partition coefficient (Wildman–Crippen LogP) is 0.0422. The average Bonchev–Trinajstić information content (AvgIpc) is 3.45. The zero-order chi connectivity index (χ0) is 20.8. The highest BCUT2D eigenvalue weighted by Gasteiger charge is 2.35. The van der Waals surface area contributed by atoms with E-state index in [1.807, 2.05) is 0 Å². The van der Waals surface area contributed by atoms with Crippen molar-refractivity contribution in [1.82, 2.24) is 4.72 Å². The average molecular weight is 436 g/mol. The standard InChI is InChI=1S/C18H21BN2O6S2/c20-15-3-6-18(14(8-15)9-21-29(25,26)16-4-5-16)28(23,24)11-12-1-2-13-10-27-19(22)17(13)7-12/h1-3,6-8,16,21-22H,4-5,9-11,20H2. The number of benzene rings is 2. The van der Waals surface area contributed by atoms with Crippen LogP contribution in [0.2, 0.25) is 0 Å². The fourth-order valence-electron chi connectivity index (χ4n) is 3.37. The van der Waals surface area contributed by atoms with Gasteiger partial charge in [0.1, 0.15) is 0 Å². The lowest BCUT2D eigenvalue weighted by molar-refractivity contribution is 0.275. The van der Waals surface area contributed by atoms with Crippen molar-refractivity contribution in [2.24, 2.45) is 0 Å². The Morgan fingerprint density at radius 3 is 2.62 bits per heavy atom. The lowest BCUT2D eigenvalue weighted by atomic mass is 9.79. The van der Waals surface area contributed by atoms with Crippen LogP contribution in [-0.2, 0) is 43.4 Å². The molecule has 0 amide bonds. The van der Waals surface area contributed by atoms with Crippen LogP contribution in [0.25, 0.3) is 0 Å². The maximum absolute atomic E-state index is 13.1. The first-order chi connectivity index (χ1) is 13.7. The van der Waals surface area contributed by atoms with E-state index in [0.29, 0.717) is 35.1 Å². The number of nitrogens with one attached hydrogen (secondary N) is 1. The van der Waals surface area contributed by atoms with Crippen LogP contribution in [0.5, 0.6) is 0 Å². The van der Waals surface area contributed by atoms with E-state index in [4.69, 9.17) is 10.4 Å². The van der Waals surface area contributed by atoms with Gasteiger partial charge < -0.3 is 15.4 Å². The van der Waals surface area contributed by atoms with E-state index in [0.717, 1.165) is 5.56 Å². The van der Waals surface area contributed by atoms with E-state index in [1.165, 1.54) is 18.2 Å². The number of anilines is 1. The zero-order valence-corrected chi connectivity index (χ0v) is 17.2. The Bertz CT molecular complexity index is 1160. The minimum Gasteiger partial charge on any atom is -0.423 e. The summed E-state index contributed by atoms with van der Waals surface area (Å²) >= 11 is 0. The van der Waals surface area contributed by atoms with Crippen LogP contribution in [0.3, 0.4) is 0 Å². The van der Waals surface area contributed by atoms with Crippen LogP contribution >= 0.6 is 0 Å². The first-order valence-electron chi connectivity index (χ1n) is 9.17. The van der Waals surface area contributed by atoms with Gasteiger partial charge in [0.05, 0.1) is 22.5 Å². The molecule has 11 heteroatoms. The molecule has 4 N–H and O–H groups in total. The van der Waals surface area contributed by atoms with Crippen LogP contribution in [0.4, 0.5) is 5.69 Å². The second kappa shape index (κ2) is 7.40. The molecule has 4 rings (SSSR count). The van der Waals surface area contributed by atoms with Crippen molar-refractivity contribution in [3.63, 3.8) is 0 Å². The molecule has 1 aliphatic heterocycles. The first-order valence-corrected chi connectivity index (χ1v) is 12.4. The summed E-state index contributed by atoms with van der Waals surface area (Å²) in [7, 11) is -8.30. The van der Waals surface area contributed by atoms with Gasteiger partial charge in [-0.15, -0.1) is 0 Å². The van der Waals surface area contributed by atoms with Crippen LogP contribution in [-0.4, -0.2) is 34.2 Å². The first kappa shape index (κ1) is 20.4. The molecule has 0 unspecified atom stereocenters. The fourth-order valence-corrected chi connectivity index (χ4v) is 6.30. The molecular formula is C18H21BN2O6S2. The molecule has 29 heavy (non-hydrogen) atoms. The van der Waals surface area contributed by atoms with Gasteiger partial charge in [0.2, 0.25) is 10.0 Å². The van der Waals surface area contributed by atoms with Crippen molar-refractivity contribution in [3.8, 4) is 0 Å². The Labute approximate surface area is 170 Å². The number of rotatable bonds is 7. The predicted molar refractivity (Wildman–Crippen MR) is 109 cm³/mol. The molecule has 0 spiro atoms. The molecule has 1 heterocycles. The van der Waals surface area contributed by atoms with Gasteiger partial charge in [-0.3, -0.25) is 0 Å². The summed E-state index contributed by atoms with van der Waals surface area (Å²) in [4.78, 5) is 0.0301. The van der Waals surface area contributed by atoms with Gasteiger partial charge >= 0.3 is 7.12 Å². The number of sulfone groups is 1. The Hall–Kier alpha value is -1.92. The molecule has 154 valence electrons. The summed E-state index contributed by atoms with van der Waals surface area (Å²) < 4.78 is 58.0. The van der Waals surface area contributed by atoms with Crippen LogP contribution < -0.4 is 15.9 Å². The van der Waals surface area contributed by atoms with Gasteiger partial charge in [-0.2, -0.15) is 0 Å². The molecule has 2 aliphatic rings. The Kier molecular flexibility index (Phi) is 5.20. The van der Waals surface area contributed by atoms with Gasteiger partial charge in [-0.05, 0) is 53.2 Å². The highest BCUT2D eigenvalue weighted by molar-refractivity contribution is 7.91. The van der Waals surface area contributed by atoms with Crippen molar-refractivity contribution in [3.05, 3.63) is 53.1 Å². The molecule has 0 atom stereocenters. The van der Waals surface area contributed by atoms with E-state index in [9.17, 15) is 21.9 Å². The quantitative estimate of drug-likeness (QED) is 0.412. The molecule has 1 fully saturated rings. The monoisotopic (exact) mass is 436 g/mol. The normalized spacial score (nSPS) is 16.8. The van der Waals surface area contributed by atoms with Gasteiger partial charge in [0.15, 0.2) is 9.84 Å². The van der Waals surface area contributed by atoms with Gasteiger partial charge in [-0.1, -0.05) is 18.2 Å². The summed E-state index contributed by atoms with van der Waals surface area (Å²) in [6.07, 6.45) is 1.23. The van der Waals surface area contributed by atoms with Gasteiger partial charge in [0.25, 0.3) is 0 Å². The van der Waals surface area contributed by atoms with Gasteiger partial charge in [0, 0.05) is 12.2 Å². The molecule has 2 aromatic carbocycles. The third-order valence-electron chi connectivity index (χ3n) is 5.08. The van der Waals surface area contributed by atoms with Crippen molar-refractivity contribution < 1.29 is 26.5 Å². The van der Waals surface area contributed by atoms with E-state index < -0.39 is 32.2 Å². The van der Waals surface area contributed by atoms with Crippen molar-refractivity contribution in [1.29, 1.82) is 0 Å². The lowest BCUT2D eigenvalue weighted by Crippen LogP contribution is -2.28. The maximum atomic E-state index is 13.1. The molecule has 0 radical (unpaired) electrons. The van der Waals surface area contributed by atoms with Crippen LogP contribution in [0, 0.1) is 0 Å². The zero-order valence-electron chi connectivity index (χ0n) is 15.5. The molecule has 1 aliphatic carbocycles. The Balaban J connectivity index is 1.60. The smallest absolute Gasteiger partial charge is 0.423 e. The second-order valence-corrected chi connectivity index (χ2v) is 11.4. The lowest BCUT2D eigenvalue weighted by Gasteiger charge is -2.13. The summed E-state index contributed by atoms with van der Waals surface area (Å²) in [5, 5.41) is 9.44. The fraction of sp³-hybridized carbons (Fsp3) is 0.333. The number of fused-ring (bicyclic) bond motifs is 1. The minimum atomic E-state index is -3.78.